The molecule has 1 aliphatic rings. The number of aliphatic hydroxyl groups is 1. The van der Waals surface area contributed by atoms with Crippen molar-refractivity contribution in [2.45, 2.75) is 31.8 Å². The number of amides is 2. The van der Waals surface area contributed by atoms with Crippen molar-refractivity contribution in [1.29, 1.82) is 0 Å². The maximum absolute atomic E-state index is 12.2. The summed E-state index contributed by atoms with van der Waals surface area (Å²) in [7, 11) is 0. The Bertz CT molecular complexity index is 710. The van der Waals surface area contributed by atoms with Gasteiger partial charge in [-0.25, -0.2) is 0 Å². The zero-order valence-electron chi connectivity index (χ0n) is 13.9. The molecular weight excluding hydrogens is 320 g/mol. The predicted molar refractivity (Wildman–Crippen MR) is 93.4 cm³/mol. The van der Waals surface area contributed by atoms with Gasteiger partial charge in [-0.1, -0.05) is 6.42 Å². The predicted octanol–water partition coefficient (Wildman–Crippen LogP) is 2.81. The topological polar surface area (TPSA) is 91.6 Å². The van der Waals surface area contributed by atoms with Crippen LogP contribution in [-0.4, -0.2) is 29.6 Å². The van der Waals surface area contributed by atoms with Crippen LogP contribution < -0.4 is 10.6 Å². The number of carbonyl (C=O) groups excluding carboxylic acids is 2. The fraction of sp³-hybridized carbons (Fsp3) is 0.368. The minimum absolute atomic E-state index is 0.149. The third-order valence-corrected chi connectivity index (χ3v) is 4.46. The molecule has 1 aliphatic carbocycles. The van der Waals surface area contributed by atoms with E-state index in [1.807, 2.05) is 0 Å². The largest absolute Gasteiger partial charge is 0.459 e. The first-order valence-electron chi connectivity index (χ1n) is 8.53. The fourth-order valence-corrected chi connectivity index (χ4v) is 3.09. The van der Waals surface area contributed by atoms with Gasteiger partial charge >= 0.3 is 0 Å². The van der Waals surface area contributed by atoms with Gasteiger partial charge in [0.05, 0.1) is 12.4 Å². The van der Waals surface area contributed by atoms with E-state index in [1.165, 1.54) is 6.26 Å². The average Bonchev–Trinajstić information content (AvgIpc) is 3.15. The molecule has 132 valence electrons. The molecule has 3 rings (SSSR count). The number of furan rings is 1. The van der Waals surface area contributed by atoms with Crippen molar-refractivity contribution in [2.24, 2.45) is 5.92 Å². The summed E-state index contributed by atoms with van der Waals surface area (Å²) in [5.41, 5.74) is 1.13. The van der Waals surface area contributed by atoms with Gasteiger partial charge in [-0.2, -0.15) is 0 Å². The van der Waals surface area contributed by atoms with E-state index in [4.69, 9.17) is 4.42 Å². The number of hydrogen-bond acceptors (Lipinski definition) is 4. The third kappa shape index (κ3) is 4.70. The van der Waals surface area contributed by atoms with E-state index in [9.17, 15) is 14.7 Å². The van der Waals surface area contributed by atoms with E-state index in [0.717, 1.165) is 25.7 Å². The molecule has 0 radical (unpaired) electrons. The van der Waals surface area contributed by atoms with Crippen molar-refractivity contribution in [3.05, 3.63) is 54.0 Å². The summed E-state index contributed by atoms with van der Waals surface area (Å²) >= 11 is 0. The highest BCUT2D eigenvalue weighted by atomic mass is 16.3. The number of nitrogens with one attached hydrogen (secondary N) is 2. The molecule has 1 aromatic heterocycles. The molecule has 2 amide bonds. The van der Waals surface area contributed by atoms with Gasteiger partial charge < -0.3 is 20.2 Å². The molecular formula is C19H22N2O4. The van der Waals surface area contributed by atoms with E-state index in [-0.39, 0.29) is 23.7 Å². The summed E-state index contributed by atoms with van der Waals surface area (Å²) in [4.78, 5) is 24.1. The van der Waals surface area contributed by atoms with Crippen LogP contribution in [0.25, 0.3) is 0 Å². The zero-order valence-corrected chi connectivity index (χ0v) is 13.9. The molecule has 3 N–H and O–H groups in total. The van der Waals surface area contributed by atoms with Gasteiger partial charge in [0.25, 0.3) is 11.8 Å². The highest BCUT2D eigenvalue weighted by Gasteiger charge is 2.20. The first-order chi connectivity index (χ1) is 12.1. The lowest BCUT2D eigenvalue weighted by Crippen LogP contribution is -2.32. The van der Waals surface area contributed by atoms with Crippen molar-refractivity contribution in [3.8, 4) is 0 Å². The van der Waals surface area contributed by atoms with Gasteiger partial charge in [-0.05, 0) is 61.6 Å². The zero-order chi connectivity index (χ0) is 17.6. The van der Waals surface area contributed by atoms with Gasteiger partial charge in [-0.3, -0.25) is 9.59 Å². The summed E-state index contributed by atoms with van der Waals surface area (Å²) < 4.78 is 5.03. The lowest BCUT2D eigenvalue weighted by Gasteiger charge is -2.25. The second kappa shape index (κ2) is 7.98. The fourth-order valence-electron chi connectivity index (χ4n) is 3.09. The summed E-state index contributed by atoms with van der Waals surface area (Å²) in [5, 5.41) is 15.3. The van der Waals surface area contributed by atoms with Crippen LogP contribution in [0.2, 0.25) is 0 Å². The van der Waals surface area contributed by atoms with Crippen LogP contribution in [0.4, 0.5) is 5.69 Å². The molecule has 0 bridgehead atoms. The van der Waals surface area contributed by atoms with Crippen LogP contribution in [0.15, 0.2) is 47.1 Å². The summed E-state index contributed by atoms with van der Waals surface area (Å²) in [5.74, 6) is 0.0816. The third-order valence-electron chi connectivity index (χ3n) is 4.46. The molecule has 0 aliphatic heterocycles. The Morgan fingerprint density at radius 3 is 2.60 bits per heavy atom. The molecule has 25 heavy (non-hydrogen) atoms. The van der Waals surface area contributed by atoms with Gasteiger partial charge in [0, 0.05) is 17.8 Å². The lowest BCUT2D eigenvalue weighted by atomic mass is 9.87. The van der Waals surface area contributed by atoms with Crippen LogP contribution >= 0.6 is 0 Å². The molecule has 6 heteroatoms. The van der Waals surface area contributed by atoms with E-state index >= 15 is 0 Å². The van der Waals surface area contributed by atoms with Crippen LogP contribution in [0.1, 0.15) is 46.6 Å². The molecule has 1 aromatic carbocycles. The molecule has 2 aromatic rings. The average molecular weight is 342 g/mol. The minimum Gasteiger partial charge on any atom is -0.459 e. The first kappa shape index (κ1) is 17.2. The number of rotatable bonds is 5. The van der Waals surface area contributed by atoms with Crippen molar-refractivity contribution in [2.75, 3.05) is 11.9 Å². The molecule has 1 heterocycles. The van der Waals surface area contributed by atoms with Gasteiger partial charge in [0.15, 0.2) is 5.76 Å². The van der Waals surface area contributed by atoms with Crippen LogP contribution in [0.3, 0.4) is 0 Å². The lowest BCUT2D eigenvalue weighted by molar-refractivity contribution is 0.0874. The second-order valence-electron chi connectivity index (χ2n) is 6.41. The number of hydrogen-bond donors (Lipinski definition) is 3. The van der Waals surface area contributed by atoms with E-state index in [2.05, 4.69) is 10.6 Å². The molecule has 2 unspecified atom stereocenters. The first-order valence-corrected chi connectivity index (χ1v) is 8.53. The van der Waals surface area contributed by atoms with Crippen LogP contribution in [0, 0.1) is 5.92 Å². The smallest absolute Gasteiger partial charge is 0.291 e. The van der Waals surface area contributed by atoms with E-state index < -0.39 is 0 Å². The molecule has 0 saturated heterocycles. The molecule has 1 saturated carbocycles. The molecule has 0 spiro atoms. The summed E-state index contributed by atoms with van der Waals surface area (Å²) in [6, 6.07) is 9.93. The van der Waals surface area contributed by atoms with Gasteiger partial charge in [0.2, 0.25) is 0 Å². The second-order valence-corrected chi connectivity index (χ2v) is 6.41. The maximum Gasteiger partial charge on any atom is 0.291 e. The Hall–Kier alpha value is -2.60. The number of anilines is 1. The molecule has 6 nitrogen and oxygen atoms in total. The number of aliphatic hydroxyl groups excluding tert-OH is 1. The standard InChI is InChI=1S/C19H22N2O4/c22-16-4-1-3-13(11-16)12-20-18(23)14-6-8-15(9-7-14)21-19(24)17-5-2-10-25-17/h2,5-10,13,16,22H,1,3-4,11-12H2,(H,20,23)(H,21,24). The van der Waals surface area contributed by atoms with E-state index in [1.54, 1.807) is 36.4 Å². The monoisotopic (exact) mass is 342 g/mol. The van der Waals surface area contributed by atoms with Gasteiger partial charge in [0.1, 0.15) is 0 Å². The molecule has 2 atom stereocenters. The van der Waals surface area contributed by atoms with Crippen molar-refractivity contribution in [1.82, 2.24) is 5.32 Å². The Morgan fingerprint density at radius 1 is 1.12 bits per heavy atom. The number of carbonyl (C=O) groups is 2. The van der Waals surface area contributed by atoms with Crippen LogP contribution in [0.5, 0.6) is 0 Å². The van der Waals surface area contributed by atoms with Crippen molar-refractivity contribution < 1.29 is 19.1 Å². The Labute approximate surface area is 146 Å². The Kier molecular flexibility index (Phi) is 5.50. The highest BCUT2D eigenvalue weighted by molar-refractivity contribution is 6.02. The highest BCUT2D eigenvalue weighted by Crippen LogP contribution is 2.23. The Balaban J connectivity index is 1.51. The summed E-state index contributed by atoms with van der Waals surface area (Å²) in [6.45, 7) is 0.576. The normalized spacial score (nSPS) is 20.0. The molecule has 1 fully saturated rings. The summed E-state index contributed by atoms with van der Waals surface area (Å²) in [6.07, 6.45) is 4.84. The quantitative estimate of drug-likeness (QED) is 0.779. The van der Waals surface area contributed by atoms with E-state index in [0.29, 0.717) is 23.7 Å². The van der Waals surface area contributed by atoms with Gasteiger partial charge in [-0.15, -0.1) is 0 Å². The van der Waals surface area contributed by atoms with Crippen LogP contribution in [-0.2, 0) is 0 Å². The SMILES string of the molecule is O=C(NCC1CCCC(O)C1)c1ccc(NC(=O)c2ccco2)cc1. The Morgan fingerprint density at radius 2 is 1.92 bits per heavy atom. The number of benzene rings is 1. The van der Waals surface area contributed by atoms with Crippen molar-refractivity contribution in [3.63, 3.8) is 0 Å². The maximum atomic E-state index is 12.2. The minimum atomic E-state index is -0.335. The van der Waals surface area contributed by atoms with Crippen molar-refractivity contribution >= 4 is 17.5 Å².